The minimum Gasteiger partial charge on any atom is -0.457 e. The maximum atomic E-state index is 13.1. The van der Waals surface area contributed by atoms with Gasteiger partial charge in [-0.25, -0.2) is 4.79 Å². The van der Waals surface area contributed by atoms with Gasteiger partial charge in [0.1, 0.15) is 6.61 Å². The molecule has 2 heterocycles. The highest BCUT2D eigenvalue weighted by atomic mass is 16.5. The Labute approximate surface area is 163 Å². The maximum Gasteiger partial charge on any atom is 0.341 e. The average molecular weight is 372 g/mol. The molecule has 0 fully saturated rings. The van der Waals surface area contributed by atoms with E-state index in [1.54, 1.807) is 0 Å². The molecule has 0 spiro atoms. The van der Waals surface area contributed by atoms with Gasteiger partial charge in [-0.05, 0) is 37.1 Å². The molecule has 1 amide bonds. The van der Waals surface area contributed by atoms with E-state index in [2.05, 4.69) is 10.3 Å². The fraction of sp³-hybridized carbons (Fsp3) is 0.130. The summed E-state index contributed by atoms with van der Waals surface area (Å²) >= 11 is 0. The zero-order chi connectivity index (χ0) is 19.7. The molecule has 1 aromatic heterocycles. The molecule has 0 saturated carbocycles. The van der Waals surface area contributed by atoms with E-state index in [-0.39, 0.29) is 18.1 Å². The molecule has 0 radical (unpaired) electrons. The number of amides is 1. The summed E-state index contributed by atoms with van der Waals surface area (Å²) in [7, 11) is 0. The number of hydrogen-bond acceptors (Lipinski definition) is 3. The van der Waals surface area contributed by atoms with E-state index in [4.69, 9.17) is 4.74 Å². The van der Waals surface area contributed by atoms with Gasteiger partial charge in [0.25, 0.3) is 5.91 Å². The second kappa shape index (κ2) is 7.19. The lowest BCUT2D eigenvalue weighted by Gasteiger charge is -2.11. The lowest BCUT2D eigenvalue weighted by atomic mass is 9.97. The van der Waals surface area contributed by atoms with Crippen LogP contribution in [0.3, 0.4) is 0 Å². The van der Waals surface area contributed by atoms with Gasteiger partial charge in [-0.2, -0.15) is 0 Å². The Morgan fingerprint density at radius 1 is 1.00 bits per heavy atom. The fourth-order valence-electron chi connectivity index (χ4n) is 3.48. The minimum atomic E-state index is -0.532. The van der Waals surface area contributed by atoms with Crippen LogP contribution < -0.4 is 5.32 Å². The van der Waals surface area contributed by atoms with Crippen molar-refractivity contribution < 1.29 is 14.3 Å². The molecule has 0 bridgehead atoms. The SMILES string of the molecule is Cc1cc(C)c(/C(C(=O)OCc2ccccc2)=C2/C(=O)Nc3ccccc32)[nH]1. The van der Waals surface area contributed by atoms with Crippen molar-refractivity contribution in [1.82, 2.24) is 4.98 Å². The van der Waals surface area contributed by atoms with Gasteiger partial charge in [0.15, 0.2) is 0 Å². The molecule has 2 N–H and O–H groups in total. The number of para-hydroxylation sites is 1. The molecule has 1 aliphatic heterocycles. The summed E-state index contributed by atoms with van der Waals surface area (Å²) in [6.45, 7) is 3.96. The van der Waals surface area contributed by atoms with Gasteiger partial charge in [-0.1, -0.05) is 48.5 Å². The van der Waals surface area contributed by atoms with Crippen molar-refractivity contribution in [1.29, 1.82) is 0 Å². The first-order chi connectivity index (χ1) is 13.5. The third kappa shape index (κ3) is 3.22. The van der Waals surface area contributed by atoms with E-state index in [9.17, 15) is 9.59 Å². The number of esters is 1. The number of aromatic amines is 1. The Morgan fingerprint density at radius 2 is 1.71 bits per heavy atom. The quantitative estimate of drug-likeness (QED) is 0.532. The molecule has 5 nitrogen and oxygen atoms in total. The van der Waals surface area contributed by atoms with Crippen molar-refractivity contribution in [3.8, 4) is 0 Å². The van der Waals surface area contributed by atoms with Gasteiger partial charge in [-0.15, -0.1) is 0 Å². The Morgan fingerprint density at radius 3 is 2.43 bits per heavy atom. The van der Waals surface area contributed by atoms with Crippen molar-refractivity contribution in [2.24, 2.45) is 0 Å². The Balaban J connectivity index is 1.80. The highest BCUT2D eigenvalue weighted by molar-refractivity contribution is 6.44. The van der Waals surface area contributed by atoms with Crippen LogP contribution in [0.4, 0.5) is 5.69 Å². The molecule has 0 aliphatic carbocycles. The highest BCUT2D eigenvalue weighted by Crippen LogP contribution is 2.38. The number of carbonyl (C=O) groups is 2. The molecule has 2 aromatic carbocycles. The van der Waals surface area contributed by atoms with Gasteiger partial charge in [0.05, 0.1) is 16.8 Å². The van der Waals surface area contributed by atoms with Gasteiger partial charge in [-0.3, -0.25) is 4.79 Å². The Hall–Kier alpha value is -3.60. The van der Waals surface area contributed by atoms with E-state index in [1.165, 1.54) is 0 Å². The van der Waals surface area contributed by atoms with Crippen molar-refractivity contribution >= 4 is 28.7 Å². The number of fused-ring (bicyclic) bond motifs is 1. The first-order valence-corrected chi connectivity index (χ1v) is 9.07. The van der Waals surface area contributed by atoms with E-state index >= 15 is 0 Å². The van der Waals surface area contributed by atoms with Crippen LogP contribution in [0.2, 0.25) is 0 Å². The predicted molar refractivity (Wildman–Crippen MR) is 108 cm³/mol. The fourth-order valence-corrected chi connectivity index (χ4v) is 3.48. The van der Waals surface area contributed by atoms with Crippen LogP contribution in [-0.4, -0.2) is 16.9 Å². The van der Waals surface area contributed by atoms with Crippen LogP contribution in [-0.2, 0) is 20.9 Å². The zero-order valence-electron chi connectivity index (χ0n) is 15.7. The minimum absolute atomic E-state index is 0.137. The summed E-state index contributed by atoms with van der Waals surface area (Å²) in [5, 5.41) is 2.83. The van der Waals surface area contributed by atoms with E-state index in [0.29, 0.717) is 22.5 Å². The van der Waals surface area contributed by atoms with Crippen LogP contribution >= 0.6 is 0 Å². The molecule has 3 aromatic rings. The Bertz CT molecular complexity index is 1090. The lowest BCUT2D eigenvalue weighted by molar-refractivity contribution is -0.137. The van der Waals surface area contributed by atoms with Gasteiger partial charge >= 0.3 is 5.97 Å². The first kappa shape index (κ1) is 17.8. The average Bonchev–Trinajstić information content (AvgIpc) is 3.20. The number of ether oxygens (including phenoxy) is 1. The summed E-state index contributed by atoms with van der Waals surface area (Å²) in [5.41, 5.74) is 5.26. The molecule has 4 rings (SSSR count). The number of H-pyrrole nitrogens is 1. The van der Waals surface area contributed by atoms with Crippen molar-refractivity contribution in [3.63, 3.8) is 0 Å². The van der Waals surface area contributed by atoms with E-state index in [1.807, 2.05) is 74.5 Å². The van der Waals surface area contributed by atoms with E-state index in [0.717, 1.165) is 16.8 Å². The molecule has 0 saturated heterocycles. The van der Waals surface area contributed by atoms with Crippen LogP contribution in [0, 0.1) is 13.8 Å². The van der Waals surface area contributed by atoms with Gasteiger partial charge in [0, 0.05) is 16.9 Å². The number of aryl methyl sites for hydroxylation is 2. The normalized spacial score (nSPS) is 14.4. The molecular weight excluding hydrogens is 352 g/mol. The lowest BCUT2D eigenvalue weighted by Crippen LogP contribution is -2.14. The van der Waals surface area contributed by atoms with Crippen molar-refractivity contribution in [2.75, 3.05) is 5.32 Å². The monoisotopic (exact) mass is 372 g/mol. The summed E-state index contributed by atoms with van der Waals surface area (Å²) in [5.74, 6) is -0.838. The van der Waals surface area contributed by atoms with E-state index < -0.39 is 5.97 Å². The largest absolute Gasteiger partial charge is 0.457 e. The third-order valence-electron chi connectivity index (χ3n) is 4.74. The van der Waals surface area contributed by atoms with Crippen molar-refractivity contribution in [2.45, 2.75) is 20.5 Å². The standard InChI is InChI=1S/C23H20N2O3/c1-14-12-15(2)24-21(14)20(23(27)28-13-16-8-4-3-5-9-16)19-17-10-6-7-11-18(17)25-22(19)26/h3-12,24H,13H2,1-2H3,(H,25,26)/b20-19-. The highest BCUT2D eigenvalue weighted by Gasteiger charge is 2.32. The Kier molecular flexibility index (Phi) is 4.57. The maximum absolute atomic E-state index is 13.1. The first-order valence-electron chi connectivity index (χ1n) is 9.07. The summed E-state index contributed by atoms with van der Waals surface area (Å²) in [4.78, 5) is 29.1. The molecule has 0 atom stereocenters. The zero-order valence-corrected chi connectivity index (χ0v) is 15.7. The summed E-state index contributed by atoms with van der Waals surface area (Å²) < 4.78 is 5.59. The second-order valence-corrected chi connectivity index (χ2v) is 6.82. The molecule has 0 unspecified atom stereocenters. The van der Waals surface area contributed by atoms with Crippen LogP contribution in [0.25, 0.3) is 11.1 Å². The molecule has 1 aliphatic rings. The number of rotatable bonds is 4. The molecule has 5 heteroatoms. The topological polar surface area (TPSA) is 71.2 Å². The second-order valence-electron chi connectivity index (χ2n) is 6.82. The van der Waals surface area contributed by atoms with Gasteiger partial charge < -0.3 is 15.0 Å². The number of carbonyl (C=O) groups excluding carboxylic acids is 2. The number of anilines is 1. The number of benzene rings is 2. The smallest absolute Gasteiger partial charge is 0.341 e. The molecule has 140 valence electrons. The number of hydrogen-bond donors (Lipinski definition) is 2. The number of aromatic nitrogens is 1. The third-order valence-corrected chi connectivity index (χ3v) is 4.74. The van der Waals surface area contributed by atoms with Crippen molar-refractivity contribution in [3.05, 3.63) is 88.7 Å². The molecule has 28 heavy (non-hydrogen) atoms. The summed E-state index contributed by atoms with van der Waals surface area (Å²) in [6, 6.07) is 18.8. The number of nitrogens with one attached hydrogen (secondary N) is 2. The predicted octanol–water partition coefficient (Wildman–Crippen LogP) is 4.24. The van der Waals surface area contributed by atoms with Crippen LogP contribution in [0.15, 0.2) is 60.7 Å². The summed E-state index contributed by atoms with van der Waals surface area (Å²) in [6.07, 6.45) is 0. The van der Waals surface area contributed by atoms with Crippen LogP contribution in [0.1, 0.15) is 28.1 Å². The van der Waals surface area contributed by atoms with Crippen LogP contribution in [0.5, 0.6) is 0 Å². The molecular formula is C23H20N2O3. The van der Waals surface area contributed by atoms with Gasteiger partial charge in [0.2, 0.25) is 0 Å².